The molecule has 0 unspecified atom stereocenters. The first-order valence-electron chi connectivity index (χ1n) is 9.89. The Morgan fingerprint density at radius 3 is 2.36 bits per heavy atom. The largest absolute Gasteiger partial charge is 0.508 e. The van der Waals surface area contributed by atoms with Crippen molar-refractivity contribution in [3.8, 4) is 5.75 Å². The highest BCUT2D eigenvalue weighted by molar-refractivity contribution is 5.79. The molecule has 1 saturated carbocycles. The second kappa shape index (κ2) is 8.19. The standard InChI is InChI=1S/C22H26FN3O2/c23-21-4-2-1-3-17(21)15-26(19-5-6-19)22(28)16-24-11-13-25(14-12-24)18-7-9-20(27)10-8-18/h1-4,7-10,19,27H,5-6,11-16H2. The lowest BCUT2D eigenvalue weighted by atomic mass is 10.2. The van der Waals surface area contributed by atoms with E-state index < -0.39 is 0 Å². The number of nitrogens with zero attached hydrogens (tertiary/aromatic N) is 3. The van der Waals surface area contributed by atoms with Gasteiger partial charge in [0, 0.05) is 50.0 Å². The number of hydrogen-bond acceptors (Lipinski definition) is 4. The van der Waals surface area contributed by atoms with E-state index in [2.05, 4.69) is 9.80 Å². The topological polar surface area (TPSA) is 47.0 Å². The second-order valence-corrected chi connectivity index (χ2v) is 7.62. The zero-order chi connectivity index (χ0) is 19.5. The van der Waals surface area contributed by atoms with Crippen LogP contribution in [0.4, 0.5) is 10.1 Å². The summed E-state index contributed by atoms with van der Waals surface area (Å²) < 4.78 is 14.0. The minimum atomic E-state index is -0.247. The van der Waals surface area contributed by atoms with E-state index >= 15 is 0 Å². The molecule has 5 nitrogen and oxygen atoms in total. The zero-order valence-corrected chi connectivity index (χ0v) is 15.9. The summed E-state index contributed by atoms with van der Waals surface area (Å²) in [6.07, 6.45) is 2.02. The average Bonchev–Trinajstić information content (AvgIpc) is 3.54. The van der Waals surface area contributed by atoms with Gasteiger partial charge in [-0.25, -0.2) is 4.39 Å². The molecule has 148 valence electrons. The van der Waals surface area contributed by atoms with Crippen LogP contribution in [0.25, 0.3) is 0 Å². The van der Waals surface area contributed by atoms with Crippen molar-refractivity contribution >= 4 is 11.6 Å². The fourth-order valence-electron chi connectivity index (χ4n) is 3.73. The van der Waals surface area contributed by atoms with Crippen LogP contribution in [0.3, 0.4) is 0 Å². The maximum atomic E-state index is 14.0. The van der Waals surface area contributed by atoms with Gasteiger partial charge in [-0.1, -0.05) is 18.2 Å². The van der Waals surface area contributed by atoms with Gasteiger partial charge >= 0.3 is 0 Å². The molecule has 1 N–H and O–H groups in total. The number of phenols is 1. The molecule has 0 radical (unpaired) electrons. The summed E-state index contributed by atoms with van der Waals surface area (Å²) in [5.41, 5.74) is 1.67. The Morgan fingerprint density at radius 2 is 1.71 bits per heavy atom. The van der Waals surface area contributed by atoms with Gasteiger partial charge in [0.1, 0.15) is 11.6 Å². The first-order valence-corrected chi connectivity index (χ1v) is 9.89. The SMILES string of the molecule is O=C(CN1CCN(c2ccc(O)cc2)CC1)N(Cc1ccccc1F)C1CC1. The van der Waals surface area contributed by atoms with Crippen molar-refractivity contribution in [2.24, 2.45) is 0 Å². The molecular weight excluding hydrogens is 357 g/mol. The molecule has 2 aliphatic rings. The first-order chi connectivity index (χ1) is 13.6. The maximum Gasteiger partial charge on any atom is 0.237 e. The molecule has 1 aliphatic heterocycles. The lowest BCUT2D eigenvalue weighted by Gasteiger charge is -2.36. The van der Waals surface area contributed by atoms with E-state index in [-0.39, 0.29) is 23.5 Å². The number of halogens is 1. The van der Waals surface area contributed by atoms with Crippen LogP contribution in [0.15, 0.2) is 48.5 Å². The normalized spacial score (nSPS) is 17.5. The number of carbonyl (C=O) groups excluding carboxylic acids is 1. The Kier molecular flexibility index (Phi) is 5.48. The molecule has 2 aromatic rings. The summed E-state index contributed by atoms with van der Waals surface area (Å²) >= 11 is 0. The van der Waals surface area contributed by atoms with Crippen molar-refractivity contribution < 1.29 is 14.3 Å². The van der Waals surface area contributed by atoms with Crippen molar-refractivity contribution in [3.05, 3.63) is 59.9 Å². The lowest BCUT2D eigenvalue weighted by Crippen LogP contribution is -2.50. The van der Waals surface area contributed by atoms with E-state index in [0.717, 1.165) is 44.7 Å². The summed E-state index contributed by atoms with van der Waals surface area (Å²) in [6, 6.07) is 14.2. The number of benzene rings is 2. The third-order valence-electron chi connectivity index (χ3n) is 5.55. The van der Waals surface area contributed by atoms with Gasteiger partial charge in [0.2, 0.25) is 5.91 Å². The van der Waals surface area contributed by atoms with Crippen molar-refractivity contribution in [2.45, 2.75) is 25.4 Å². The molecule has 0 spiro atoms. The Labute approximate surface area is 165 Å². The third kappa shape index (κ3) is 4.44. The third-order valence-corrected chi connectivity index (χ3v) is 5.55. The van der Waals surface area contributed by atoms with E-state index in [1.54, 1.807) is 24.3 Å². The smallest absolute Gasteiger partial charge is 0.237 e. The second-order valence-electron chi connectivity index (χ2n) is 7.62. The molecule has 0 bridgehead atoms. The predicted molar refractivity (Wildman–Crippen MR) is 107 cm³/mol. The monoisotopic (exact) mass is 383 g/mol. The number of aromatic hydroxyl groups is 1. The molecule has 0 atom stereocenters. The van der Waals surface area contributed by atoms with Gasteiger partial charge in [-0.15, -0.1) is 0 Å². The minimum Gasteiger partial charge on any atom is -0.508 e. The van der Waals surface area contributed by atoms with Gasteiger partial charge in [-0.2, -0.15) is 0 Å². The summed E-state index contributed by atoms with van der Waals surface area (Å²) in [6.45, 7) is 4.04. The van der Waals surface area contributed by atoms with Crippen molar-refractivity contribution in [2.75, 3.05) is 37.6 Å². The maximum absolute atomic E-state index is 14.0. The fourth-order valence-corrected chi connectivity index (χ4v) is 3.73. The van der Waals surface area contributed by atoms with E-state index in [4.69, 9.17) is 0 Å². The molecule has 1 amide bonds. The molecular formula is C22H26FN3O2. The molecule has 4 rings (SSSR count). The Balaban J connectivity index is 1.33. The van der Waals surface area contributed by atoms with Gasteiger partial charge < -0.3 is 14.9 Å². The van der Waals surface area contributed by atoms with Gasteiger partial charge in [0.25, 0.3) is 0 Å². The van der Waals surface area contributed by atoms with Crippen LogP contribution < -0.4 is 4.90 Å². The first kappa shape index (κ1) is 18.7. The van der Waals surface area contributed by atoms with Crippen molar-refractivity contribution in [1.82, 2.24) is 9.80 Å². The molecule has 1 heterocycles. The molecule has 0 aromatic heterocycles. The summed E-state index contributed by atoms with van der Waals surface area (Å²) in [4.78, 5) is 19.2. The van der Waals surface area contributed by atoms with Gasteiger partial charge in [0.15, 0.2) is 0 Å². The molecule has 28 heavy (non-hydrogen) atoms. The van der Waals surface area contributed by atoms with Crippen LogP contribution >= 0.6 is 0 Å². The van der Waals surface area contributed by atoms with Crippen LogP contribution in [0.2, 0.25) is 0 Å². The molecule has 1 saturated heterocycles. The van der Waals surface area contributed by atoms with Crippen LogP contribution in [0.1, 0.15) is 18.4 Å². The van der Waals surface area contributed by atoms with Crippen LogP contribution in [0, 0.1) is 5.82 Å². The van der Waals surface area contributed by atoms with Gasteiger partial charge in [-0.05, 0) is 43.2 Å². The number of phenolic OH excluding ortho intramolecular Hbond substituents is 1. The lowest BCUT2D eigenvalue weighted by molar-refractivity contribution is -0.133. The average molecular weight is 383 g/mol. The Morgan fingerprint density at radius 1 is 1.04 bits per heavy atom. The predicted octanol–water partition coefficient (Wildman–Crippen LogP) is 2.84. The summed E-state index contributed by atoms with van der Waals surface area (Å²) in [5.74, 6) is 0.107. The van der Waals surface area contributed by atoms with Gasteiger partial charge in [0.05, 0.1) is 6.54 Å². The Hall–Kier alpha value is -2.60. The Bertz CT molecular complexity index is 815. The molecule has 1 aliphatic carbocycles. The molecule has 2 fully saturated rings. The van der Waals surface area contributed by atoms with E-state index in [1.807, 2.05) is 23.1 Å². The number of rotatable bonds is 6. The van der Waals surface area contributed by atoms with Crippen LogP contribution in [0.5, 0.6) is 5.75 Å². The minimum absolute atomic E-state index is 0.0869. The van der Waals surface area contributed by atoms with E-state index in [0.29, 0.717) is 18.7 Å². The number of carbonyl (C=O) groups is 1. The van der Waals surface area contributed by atoms with E-state index in [9.17, 15) is 14.3 Å². The van der Waals surface area contributed by atoms with Gasteiger partial charge in [-0.3, -0.25) is 9.69 Å². The highest BCUT2D eigenvalue weighted by Crippen LogP contribution is 2.29. The quantitative estimate of drug-likeness (QED) is 0.833. The highest BCUT2D eigenvalue weighted by Gasteiger charge is 2.34. The fraction of sp³-hybridized carbons (Fsp3) is 0.409. The van der Waals surface area contributed by atoms with Crippen molar-refractivity contribution in [3.63, 3.8) is 0 Å². The highest BCUT2D eigenvalue weighted by atomic mass is 19.1. The zero-order valence-electron chi connectivity index (χ0n) is 15.9. The summed E-state index contributed by atoms with van der Waals surface area (Å²) in [7, 11) is 0. The molecule has 2 aromatic carbocycles. The van der Waals surface area contributed by atoms with Crippen molar-refractivity contribution in [1.29, 1.82) is 0 Å². The number of hydrogen-bond donors (Lipinski definition) is 1. The van der Waals surface area contributed by atoms with E-state index in [1.165, 1.54) is 6.07 Å². The van der Waals surface area contributed by atoms with Crippen LogP contribution in [-0.2, 0) is 11.3 Å². The van der Waals surface area contributed by atoms with Crippen LogP contribution in [-0.4, -0.2) is 59.6 Å². The number of anilines is 1. The molecule has 6 heteroatoms. The summed E-state index contributed by atoms with van der Waals surface area (Å²) in [5, 5.41) is 9.43. The number of piperazine rings is 1. The number of amides is 1.